The molecule has 0 saturated carbocycles. The first kappa shape index (κ1) is 27.8. The zero-order chi connectivity index (χ0) is 27.7. The van der Waals surface area contributed by atoms with Crippen molar-refractivity contribution in [2.45, 2.75) is 12.8 Å². The van der Waals surface area contributed by atoms with E-state index in [-0.39, 0.29) is 42.9 Å². The van der Waals surface area contributed by atoms with Gasteiger partial charge in [-0.3, -0.25) is 13.9 Å². The summed E-state index contributed by atoms with van der Waals surface area (Å²) in [5.41, 5.74) is 2.77. The lowest BCUT2D eigenvalue weighted by molar-refractivity contribution is 0.101. The van der Waals surface area contributed by atoms with Gasteiger partial charge in [0.15, 0.2) is 5.88 Å². The Kier molecular flexibility index (Phi) is 7.95. The van der Waals surface area contributed by atoms with Crippen molar-refractivity contribution >= 4 is 49.1 Å². The minimum Gasteiger partial charge on any atom is -0.494 e. The van der Waals surface area contributed by atoms with Gasteiger partial charge in [-0.1, -0.05) is 35.9 Å². The molecule has 0 radical (unpaired) electrons. The average Bonchev–Trinajstić information content (AvgIpc) is 3.35. The molecular weight excluding hydrogens is 558 g/mol. The van der Waals surface area contributed by atoms with E-state index in [0.29, 0.717) is 33.2 Å². The summed E-state index contributed by atoms with van der Waals surface area (Å²) in [4.78, 5) is 21.6. The Labute approximate surface area is 224 Å². The third kappa shape index (κ3) is 6.60. The molecule has 0 aliphatic carbocycles. The van der Waals surface area contributed by atoms with Crippen molar-refractivity contribution in [3.8, 4) is 17.1 Å². The van der Waals surface area contributed by atoms with E-state index >= 15 is 0 Å². The number of aliphatic imine (C=N–C) groups is 1. The zero-order valence-corrected chi connectivity index (χ0v) is 22.2. The summed E-state index contributed by atoms with van der Waals surface area (Å²) >= 11 is 5.96. The fourth-order valence-electron chi connectivity index (χ4n) is 4.28. The van der Waals surface area contributed by atoms with Crippen LogP contribution in [0.15, 0.2) is 53.5 Å². The maximum absolute atomic E-state index is 12.9. The second-order valence-electron chi connectivity index (χ2n) is 8.69. The fourth-order valence-corrected chi connectivity index (χ4v) is 5.40. The monoisotopic (exact) mass is 581 g/mol. The van der Waals surface area contributed by atoms with Crippen molar-refractivity contribution in [1.82, 2.24) is 4.98 Å². The van der Waals surface area contributed by atoms with Crippen molar-refractivity contribution in [1.29, 1.82) is 0 Å². The van der Waals surface area contributed by atoms with E-state index in [1.807, 2.05) is 0 Å². The second-order valence-corrected chi connectivity index (χ2v) is 12.3. The van der Waals surface area contributed by atoms with Crippen molar-refractivity contribution < 1.29 is 35.8 Å². The number of hydrogen-bond donors (Lipinski definition) is 4. The van der Waals surface area contributed by atoms with Crippen LogP contribution in [0.3, 0.4) is 0 Å². The smallest absolute Gasteiger partial charge is 0.280 e. The number of amides is 1. The van der Waals surface area contributed by atoms with Crippen LogP contribution in [0.5, 0.6) is 5.88 Å². The molecule has 0 fully saturated rings. The molecule has 1 amide bonds. The third-order valence-corrected chi connectivity index (χ3v) is 7.78. The number of carbonyl (C=O) groups is 1. The number of H-pyrrole nitrogens is 1. The SMILES string of the molecule is O=C1N=C(c2ccc(Cl)cc2)c2c(O)[nH]c(-c3cccc(N(CCCS(=O)(=O)O)CCCS(=O)(=O)O)c3)c21. The van der Waals surface area contributed by atoms with Gasteiger partial charge >= 0.3 is 0 Å². The zero-order valence-electron chi connectivity index (χ0n) is 19.8. The van der Waals surface area contributed by atoms with Crippen molar-refractivity contribution in [2.75, 3.05) is 29.5 Å². The molecule has 2 aromatic carbocycles. The van der Waals surface area contributed by atoms with Crippen LogP contribution in [0, 0.1) is 0 Å². The Morgan fingerprint density at radius 2 is 1.47 bits per heavy atom. The van der Waals surface area contributed by atoms with Gasteiger partial charge in [0.1, 0.15) is 0 Å². The summed E-state index contributed by atoms with van der Waals surface area (Å²) in [5.74, 6) is -1.75. The van der Waals surface area contributed by atoms with E-state index in [9.17, 15) is 26.7 Å². The Bertz CT molecular complexity index is 1580. The lowest BCUT2D eigenvalue weighted by Crippen LogP contribution is -2.28. The molecule has 0 unspecified atom stereocenters. The molecule has 1 aliphatic rings. The number of rotatable bonds is 11. The van der Waals surface area contributed by atoms with E-state index in [1.54, 1.807) is 53.4 Å². The lowest BCUT2D eigenvalue weighted by atomic mass is 10.00. The van der Waals surface area contributed by atoms with Gasteiger partial charge in [0, 0.05) is 34.9 Å². The lowest BCUT2D eigenvalue weighted by Gasteiger charge is -2.25. The topological polar surface area (TPSA) is 177 Å². The average molecular weight is 582 g/mol. The Morgan fingerprint density at radius 1 is 0.868 bits per heavy atom. The molecule has 0 bridgehead atoms. The molecule has 202 valence electrons. The number of benzene rings is 2. The molecule has 0 atom stereocenters. The summed E-state index contributed by atoms with van der Waals surface area (Å²) in [7, 11) is -8.38. The summed E-state index contributed by atoms with van der Waals surface area (Å²) < 4.78 is 62.8. The molecule has 3 aromatic rings. The largest absolute Gasteiger partial charge is 0.494 e. The van der Waals surface area contributed by atoms with Crippen LogP contribution in [0.25, 0.3) is 11.3 Å². The van der Waals surface area contributed by atoms with Crippen LogP contribution in [0.1, 0.15) is 34.3 Å². The minimum atomic E-state index is -4.19. The number of fused-ring (bicyclic) bond motifs is 1. The van der Waals surface area contributed by atoms with E-state index in [2.05, 4.69) is 9.98 Å². The molecule has 2 heterocycles. The number of nitrogens with one attached hydrogen (secondary N) is 1. The van der Waals surface area contributed by atoms with Gasteiger partial charge in [0.2, 0.25) is 0 Å². The number of aromatic amines is 1. The second kappa shape index (κ2) is 10.9. The summed E-state index contributed by atoms with van der Waals surface area (Å²) in [6.45, 7) is 0.317. The normalized spacial score (nSPS) is 13.4. The highest BCUT2D eigenvalue weighted by molar-refractivity contribution is 7.86. The third-order valence-electron chi connectivity index (χ3n) is 5.92. The highest BCUT2D eigenvalue weighted by Crippen LogP contribution is 2.39. The van der Waals surface area contributed by atoms with Crippen LogP contribution in [-0.4, -0.2) is 72.2 Å². The number of carbonyl (C=O) groups excluding carboxylic acids is 1. The van der Waals surface area contributed by atoms with Crippen LogP contribution in [0.2, 0.25) is 5.02 Å². The predicted molar refractivity (Wildman–Crippen MR) is 144 cm³/mol. The van der Waals surface area contributed by atoms with Gasteiger partial charge in [-0.2, -0.15) is 16.8 Å². The van der Waals surface area contributed by atoms with Crippen LogP contribution < -0.4 is 4.90 Å². The fraction of sp³-hybridized carbons (Fsp3) is 0.250. The molecule has 1 aromatic heterocycles. The van der Waals surface area contributed by atoms with Gasteiger partial charge in [-0.05, 0) is 37.1 Å². The molecule has 0 saturated heterocycles. The van der Waals surface area contributed by atoms with Crippen molar-refractivity contribution in [2.24, 2.45) is 4.99 Å². The standard InChI is InChI=1S/C24H24ClN3O8S2/c25-17-8-6-15(7-9-17)21-19-20(24(30)26-21)22(27-23(19)29)16-4-1-5-18(14-16)28(10-2-12-37(31,32)33)11-3-13-38(34,35)36/h1,4-9,14,27,29H,2-3,10-13H2,(H,31,32,33)(H,34,35,36). The molecule has 4 N–H and O–H groups in total. The molecule has 0 spiro atoms. The minimum absolute atomic E-state index is 0.0599. The van der Waals surface area contributed by atoms with Crippen molar-refractivity contribution in [3.63, 3.8) is 0 Å². The van der Waals surface area contributed by atoms with Gasteiger partial charge < -0.3 is 15.0 Å². The highest BCUT2D eigenvalue weighted by Gasteiger charge is 2.33. The van der Waals surface area contributed by atoms with E-state index < -0.39 is 37.6 Å². The van der Waals surface area contributed by atoms with Crippen LogP contribution in [0.4, 0.5) is 5.69 Å². The summed E-state index contributed by atoms with van der Waals surface area (Å²) in [6.07, 6.45) is 0.120. The first-order valence-electron chi connectivity index (χ1n) is 11.4. The van der Waals surface area contributed by atoms with Crippen LogP contribution >= 0.6 is 11.6 Å². The summed E-state index contributed by atoms with van der Waals surface area (Å²) in [5, 5.41) is 11.2. The molecule has 11 nitrogen and oxygen atoms in total. The van der Waals surface area contributed by atoms with Gasteiger partial charge in [0.05, 0.1) is 34.0 Å². The molecule has 14 heteroatoms. The number of anilines is 1. The van der Waals surface area contributed by atoms with Crippen molar-refractivity contribution in [3.05, 3.63) is 70.2 Å². The van der Waals surface area contributed by atoms with E-state index in [0.717, 1.165) is 0 Å². The molecular formula is C24H24ClN3O8S2. The van der Waals surface area contributed by atoms with E-state index in [1.165, 1.54) is 0 Å². The Hall–Kier alpha value is -3.23. The number of halogens is 1. The number of hydrogen-bond acceptors (Lipinski definition) is 7. The van der Waals surface area contributed by atoms with Crippen LogP contribution in [-0.2, 0) is 20.2 Å². The maximum Gasteiger partial charge on any atom is 0.280 e. The number of nitrogens with zero attached hydrogens (tertiary/aromatic N) is 2. The first-order chi connectivity index (χ1) is 17.8. The highest BCUT2D eigenvalue weighted by atomic mass is 35.5. The maximum atomic E-state index is 12.9. The number of aromatic nitrogens is 1. The molecule has 4 rings (SSSR count). The Balaban J connectivity index is 1.66. The predicted octanol–water partition coefficient (Wildman–Crippen LogP) is 3.39. The van der Waals surface area contributed by atoms with E-state index in [4.69, 9.17) is 20.7 Å². The summed E-state index contributed by atoms with van der Waals surface area (Å²) in [6, 6.07) is 13.5. The van der Waals surface area contributed by atoms with Gasteiger partial charge in [-0.15, -0.1) is 0 Å². The van der Waals surface area contributed by atoms with Gasteiger partial charge in [-0.25, -0.2) is 4.99 Å². The number of aromatic hydroxyl groups is 1. The quantitative estimate of drug-likeness (QED) is 0.247. The Morgan fingerprint density at radius 3 is 2.05 bits per heavy atom. The molecule has 1 aliphatic heterocycles. The molecule has 38 heavy (non-hydrogen) atoms. The van der Waals surface area contributed by atoms with Gasteiger partial charge in [0.25, 0.3) is 26.1 Å². The first-order valence-corrected chi connectivity index (χ1v) is 15.0.